The van der Waals surface area contributed by atoms with Crippen LogP contribution in [0.25, 0.3) is 0 Å². The van der Waals surface area contributed by atoms with Gasteiger partial charge in [0.25, 0.3) is 0 Å². The van der Waals surface area contributed by atoms with Crippen LogP contribution < -0.4 is 10.6 Å². The van der Waals surface area contributed by atoms with Gasteiger partial charge in [0.15, 0.2) is 0 Å². The first-order valence-corrected chi connectivity index (χ1v) is 4.99. The highest BCUT2D eigenvalue weighted by Crippen LogP contribution is 2.23. The van der Waals surface area contributed by atoms with Crippen molar-refractivity contribution < 1.29 is 13.2 Å². The Labute approximate surface area is 86.2 Å². The Bertz CT molecular complexity index is 290. The highest BCUT2D eigenvalue weighted by molar-refractivity contribution is 5.26. The van der Waals surface area contributed by atoms with Gasteiger partial charge < -0.3 is 10.6 Å². The lowest BCUT2D eigenvalue weighted by molar-refractivity contribution is -0.142. The monoisotopic (exact) mass is 218 g/mol. The van der Waals surface area contributed by atoms with Crippen molar-refractivity contribution in [2.45, 2.75) is 31.1 Å². The second kappa shape index (κ2) is 3.89. The first-order valence-electron chi connectivity index (χ1n) is 4.99. The van der Waals surface area contributed by atoms with Crippen LogP contribution in [-0.4, -0.2) is 24.8 Å². The Morgan fingerprint density at radius 1 is 1.40 bits per heavy atom. The Hall–Kier alpha value is -0.970. The highest BCUT2D eigenvalue weighted by Gasteiger charge is 2.38. The molecule has 1 aliphatic heterocycles. The summed E-state index contributed by atoms with van der Waals surface area (Å²) in [6.07, 6.45) is 2.27. The smallest absolute Gasteiger partial charge is 0.377 e. The predicted molar refractivity (Wildman–Crippen MR) is 51.2 cm³/mol. The minimum Gasteiger partial charge on any atom is -0.377 e. The molecule has 0 saturated heterocycles. The van der Waals surface area contributed by atoms with Crippen LogP contribution in [0.5, 0.6) is 0 Å². The van der Waals surface area contributed by atoms with E-state index < -0.39 is 12.2 Å². The van der Waals surface area contributed by atoms with Crippen LogP contribution in [-0.2, 0) is 0 Å². The van der Waals surface area contributed by atoms with E-state index in [1.807, 2.05) is 0 Å². The maximum absolute atomic E-state index is 12.2. The standard InChI is InChI=1S/C10H13F3N2/c11-10(12,13)9-4-1-7(6-15-9)5-14-8-2-3-8/h1,4,6,8-9,14-15H,2-3,5H2. The number of alkyl halides is 3. The Morgan fingerprint density at radius 3 is 2.60 bits per heavy atom. The molecule has 1 aliphatic carbocycles. The molecule has 15 heavy (non-hydrogen) atoms. The fourth-order valence-corrected chi connectivity index (χ4v) is 1.38. The lowest BCUT2D eigenvalue weighted by Gasteiger charge is -2.21. The summed E-state index contributed by atoms with van der Waals surface area (Å²) in [5, 5.41) is 5.58. The minimum absolute atomic E-state index is 0.569. The third kappa shape index (κ3) is 2.99. The van der Waals surface area contributed by atoms with Gasteiger partial charge in [-0.1, -0.05) is 12.2 Å². The molecule has 0 bridgehead atoms. The molecule has 0 amide bonds. The van der Waals surface area contributed by atoms with Gasteiger partial charge in [0.1, 0.15) is 6.04 Å². The quantitative estimate of drug-likeness (QED) is 0.753. The van der Waals surface area contributed by atoms with E-state index in [4.69, 9.17) is 0 Å². The SMILES string of the molecule is FC(F)(F)C1C=CC(CNC2CC2)=CN1. The summed E-state index contributed by atoms with van der Waals surface area (Å²) in [7, 11) is 0. The van der Waals surface area contributed by atoms with Gasteiger partial charge in [0.05, 0.1) is 0 Å². The first-order chi connectivity index (χ1) is 7.05. The van der Waals surface area contributed by atoms with E-state index in [0.29, 0.717) is 12.6 Å². The van der Waals surface area contributed by atoms with E-state index >= 15 is 0 Å². The van der Waals surface area contributed by atoms with Crippen LogP contribution in [0.3, 0.4) is 0 Å². The van der Waals surface area contributed by atoms with Crippen LogP contribution in [0.2, 0.25) is 0 Å². The zero-order chi connectivity index (χ0) is 10.9. The van der Waals surface area contributed by atoms with Gasteiger partial charge in [0, 0.05) is 18.8 Å². The molecule has 2 aliphatic rings. The van der Waals surface area contributed by atoms with Gasteiger partial charge in [-0.25, -0.2) is 0 Å². The molecular formula is C10H13F3N2. The Morgan fingerprint density at radius 2 is 2.13 bits per heavy atom. The molecule has 1 fully saturated rings. The molecule has 1 atom stereocenters. The fourth-order valence-electron chi connectivity index (χ4n) is 1.38. The molecule has 0 aromatic rings. The van der Waals surface area contributed by atoms with E-state index in [-0.39, 0.29) is 0 Å². The van der Waals surface area contributed by atoms with Gasteiger partial charge in [-0.15, -0.1) is 0 Å². The molecule has 84 valence electrons. The molecule has 1 unspecified atom stereocenters. The maximum atomic E-state index is 12.2. The molecule has 2 nitrogen and oxygen atoms in total. The van der Waals surface area contributed by atoms with E-state index in [1.54, 1.807) is 0 Å². The predicted octanol–water partition coefficient (Wildman–Crippen LogP) is 1.71. The molecule has 2 rings (SSSR count). The third-order valence-corrected chi connectivity index (χ3v) is 2.48. The average Bonchev–Trinajstić information content (AvgIpc) is 2.97. The van der Waals surface area contributed by atoms with Crippen LogP contribution in [0, 0.1) is 0 Å². The van der Waals surface area contributed by atoms with E-state index in [2.05, 4.69) is 10.6 Å². The van der Waals surface area contributed by atoms with E-state index in [0.717, 1.165) is 11.6 Å². The molecule has 2 N–H and O–H groups in total. The number of rotatable bonds is 3. The summed E-state index contributed by atoms with van der Waals surface area (Å²) in [5.74, 6) is 0. The van der Waals surface area contributed by atoms with E-state index in [9.17, 15) is 13.2 Å². The van der Waals surface area contributed by atoms with Crippen LogP contribution in [0.4, 0.5) is 13.2 Å². The molecule has 0 radical (unpaired) electrons. The van der Waals surface area contributed by atoms with Crippen molar-refractivity contribution in [3.05, 3.63) is 23.9 Å². The van der Waals surface area contributed by atoms with Crippen molar-refractivity contribution in [1.29, 1.82) is 0 Å². The first kappa shape index (κ1) is 10.5. The minimum atomic E-state index is -4.21. The number of nitrogens with one attached hydrogen (secondary N) is 2. The van der Waals surface area contributed by atoms with Crippen molar-refractivity contribution in [2.24, 2.45) is 0 Å². The third-order valence-electron chi connectivity index (χ3n) is 2.48. The van der Waals surface area contributed by atoms with Crippen LogP contribution >= 0.6 is 0 Å². The molecule has 1 saturated carbocycles. The summed E-state index contributed by atoms with van der Waals surface area (Å²) in [6.45, 7) is 0.638. The lowest BCUT2D eigenvalue weighted by Crippen LogP contribution is -2.39. The summed E-state index contributed by atoms with van der Waals surface area (Å²) >= 11 is 0. The zero-order valence-corrected chi connectivity index (χ0v) is 8.14. The van der Waals surface area contributed by atoms with Crippen molar-refractivity contribution >= 4 is 0 Å². The molecule has 1 heterocycles. The van der Waals surface area contributed by atoms with Gasteiger partial charge in [0.2, 0.25) is 0 Å². The number of hydrogen-bond acceptors (Lipinski definition) is 2. The summed E-state index contributed by atoms with van der Waals surface area (Å²) in [4.78, 5) is 0. The summed E-state index contributed by atoms with van der Waals surface area (Å²) in [6, 6.07) is -0.971. The summed E-state index contributed by atoms with van der Waals surface area (Å²) < 4.78 is 36.7. The Kier molecular flexibility index (Phi) is 2.73. The van der Waals surface area contributed by atoms with Gasteiger partial charge >= 0.3 is 6.18 Å². The van der Waals surface area contributed by atoms with E-state index in [1.165, 1.54) is 25.1 Å². The van der Waals surface area contributed by atoms with Crippen LogP contribution in [0.1, 0.15) is 12.8 Å². The molecule has 0 spiro atoms. The number of dihydropyridines is 1. The second-order valence-electron chi connectivity index (χ2n) is 3.92. The largest absolute Gasteiger partial charge is 0.412 e. The van der Waals surface area contributed by atoms with Crippen molar-refractivity contribution in [3.63, 3.8) is 0 Å². The van der Waals surface area contributed by atoms with Gasteiger partial charge in [-0.3, -0.25) is 0 Å². The highest BCUT2D eigenvalue weighted by atomic mass is 19.4. The normalized spacial score (nSPS) is 26.1. The average molecular weight is 218 g/mol. The molecule has 0 aromatic heterocycles. The van der Waals surface area contributed by atoms with Crippen LogP contribution in [0.15, 0.2) is 23.9 Å². The molecule has 5 heteroatoms. The number of halogens is 3. The van der Waals surface area contributed by atoms with Gasteiger partial charge in [-0.05, 0) is 18.4 Å². The maximum Gasteiger partial charge on any atom is 0.412 e. The van der Waals surface area contributed by atoms with Crippen molar-refractivity contribution in [3.8, 4) is 0 Å². The second-order valence-corrected chi connectivity index (χ2v) is 3.92. The Balaban J connectivity index is 1.81. The fraction of sp³-hybridized carbons (Fsp3) is 0.600. The summed E-state index contributed by atoms with van der Waals surface area (Å²) in [5.41, 5.74) is 0.863. The van der Waals surface area contributed by atoms with Crippen molar-refractivity contribution in [2.75, 3.05) is 6.54 Å². The van der Waals surface area contributed by atoms with Gasteiger partial charge in [-0.2, -0.15) is 13.2 Å². The topological polar surface area (TPSA) is 24.1 Å². The zero-order valence-electron chi connectivity index (χ0n) is 8.14. The molecular weight excluding hydrogens is 205 g/mol. The molecule has 0 aromatic carbocycles. The van der Waals surface area contributed by atoms with Crippen molar-refractivity contribution in [1.82, 2.24) is 10.6 Å². The lowest BCUT2D eigenvalue weighted by atomic mass is 10.1. The number of hydrogen-bond donors (Lipinski definition) is 2.